The van der Waals surface area contributed by atoms with E-state index in [9.17, 15) is 4.79 Å². The van der Waals surface area contributed by atoms with E-state index in [1.54, 1.807) is 0 Å². The van der Waals surface area contributed by atoms with Gasteiger partial charge in [-0.2, -0.15) is 0 Å². The third kappa shape index (κ3) is 3.94. The quantitative estimate of drug-likeness (QED) is 0.892. The molecule has 23 heavy (non-hydrogen) atoms. The second-order valence-electron chi connectivity index (χ2n) is 5.56. The number of ether oxygens (including phenoxy) is 2. The SMILES string of the molecule is CC(CNC(=O)NCc1ccc2c(c1)OCO2)c1ccccc1. The highest BCUT2D eigenvalue weighted by Crippen LogP contribution is 2.32. The highest BCUT2D eigenvalue weighted by molar-refractivity contribution is 5.73. The molecule has 0 saturated carbocycles. The van der Waals surface area contributed by atoms with Crippen LogP contribution in [0.2, 0.25) is 0 Å². The number of amides is 2. The maximum absolute atomic E-state index is 11.9. The Morgan fingerprint density at radius 2 is 1.87 bits per heavy atom. The number of nitrogens with one attached hydrogen (secondary N) is 2. The number of hydrogen-bond donors (Lipinski definition) is 2. The number of urea groups is 1. The van der Waals surface area contributed by atoms with Gasteiger partial charge < -0.3 is 20.1 Å². The molecule has 0 bridgehead atoms. The second kappa shape index (κ2) is 7.05. The van der Waals surface area contributed by atoms with Crippen LogP contribution >= 0.6 is 0 Å². The van der Waals surface area contributed by atoms with Gasteiger partial charge in [0.05, 0.1) is 0 Å². The number of rotatable bonds is 5. The Balaban J connectivity index is 1.45. The Kier molecular flexibility index (Phi) is 4.66. The average Bonchev–Trinajstić information content (AvgIpc) is 3.06. The second-order valence-corrected chi connectivity index (χ2v) is 5.56. The van der Waals surface area contributed by atoms with E-state index in [4.69, 9.17) is 9.47 Å². The summed E-state index contributed by atoms with van der Waals surface area (Å²) >= 11 is 0. The van der Waals surface area contributed by atoms with Crippen LogP contribution in [-0.4, -0.2) is 19.4 Å². The predicted octanol–water partition coefficient (Wildman–Crippen LogP) is 3.02. The maximum atomic E-state index is 11.9. The van der Waals surface area contributed by atoms with Gasteiger partial charge in [0, 0.05) is 13.1 Å². The van der Waals surface area contributed by atoms with Crippen LogP contribution in [0.25, 0.3) is 0 Å². The summed E-state index contributed by atoms with van der Waals surface area (Å²) in [6.45, 7) is 3.39. The molecule has 3 rings (SSSR count). The number of carbonyl (C=O) groups excluding carboxylic acids is 1. The van der Waals surface area contributed by atoms with Crippen molar-refractivity contribution in [2.75, 3.05) is 13.3 Å². The van der Waals surface area contributed by atoms with Gasteiger partial charge in [0.2, 0.25) is 6.79 Å². The monoisotopic (exact) mass is 312 g/mol. The minimum Gasteiger partial charge on any atom is -0.454 e. The molecular weight excluding hydrogens is 292 g/mol. The Labute approximate surface area is 135 Å². The Bertz CT molecular complexity index is 673. The van der Waals surface area contributed by atoms with Gasteiger partial charge in [-0.25, -0.2) is 4.79 Å². The summed E-state index contributed by atoms with van der Waals surface area (Å²) in [6.07, 6.45) is 0. The lowest BCUT2D eigenvalue weighted by atomic mass is 10.0. The molecule has 0 spiro atoms. The van der Waals surface area contributed by atoms with Crippen LogP contribution in [-0.2, 0) is 6.54 Å². The summed E-state index contributed by atoms with van der Waals surface area (Å²) in [5, 5.41) is 5.75. The van der Waals surface area contributed by atoms with Crippen molar-refractivity contribution in [3.8, 4) is 11.5 Å². The van der Waals surface area contributed by atoms with Gasteiger partial charge in [-0.3, -0.25) is 0 Å². The van der Waals surface area contributed by atoms with Crippen molar-refractivity contribution in [2.24, 2.45) is 0 Å². The molecule has 0 radical (unpaired) electrons. The zero-order valence-corrected chi connectivity index (χ0v) is 13.0. The summed E-state index contributed by atoms with van der Waals surface area (Å²) < 4.78 is 10.6. The highest BCUT2D eigenvalue weighted by atomic mass is 16.7. The molecule has 2 N–H and O–H groups in total. The van der Waals surface area contributed by atoms with Crippen LogP contribution in [0, 0.1) is 0 Å². The van der Waals surface area contributed by atoms with Gasteiger partial charge in [0.15, 0.2) is 11.5 Å². The fourth-order valence-electron chi connectivity index (χ4n) is 2.44. The van der Waals surface area contributed by atoms with Gasteiger partial charge in [0.25, 0.3) is 0 Å². The first-order valence-corrected chi connectivity index (χ1v) is 7.67. The number of benzene rings is 2. The minimum atomic E-state index is -0.176. The normalized spacial score (nSPS) is 13.4. The molecule has 0 aromatic heterocycles. The molecule has 2 aromatic rings. The van der Waals surface area contributed by atoms with E-state index >= 15 is 0 Å². The number of carbonyl (C=O) groups is 1. The molecule has 0 aliphatic carbocycles. The summed E-state index contributed by atoms with van der Waals surface area (Å²) in [4.78, 5) is 11.9. The summed E-state index contributed by atoms with van der Waals surface area (Å²) in [7, 11) is 0. The third-order valence-corrected chi connectivity index (χ3v) is 3.83. The maximum Gasteiger partial charge on any atom is 0.315 e. The van der Waals surface area contributed by atoms with Crippen LogP contribution in [0.1, 0.15) is 24.0 Å². The zero-order chi connectivity index (χ0) is 16.1. The van der Waals surface area contributed by atoms with Crippen molar-refractivity contribution in [3.63, 3.8) is 0 Å². The molecule has 0 fully saturated rings. The van der Waals surface area contributed by atoms with Crippen LogP contribution in [0.3, 0.4) is 0 Å². The molecule has 120 valence electrons. The molecule has 2 amide bonds. The molecule has 1 aliphatic rings. The van der Waals surface area contributed by atoms with E-state index in [-0.39, 0.29) is 18.7 Å². The van der Waals surface area contributed by atoms with Crippen molar-refractivity contribution in [1.29, 1.82) is 0 Å². The lowest BCUT2D eigenvalue weighted by molar-refractivity contribution is 0.174. The van der Waals surface area contributed by atoms with Gasteiger partial charge in [-0.1, -0.05) is 43.3 Å². The standard InChI is InChI=1S/C18H20N2O3/c1-13(15-5-3-2-4-6-15)10-19-18(21)20-11-14-7-8-16-17(9-14)23-12-22-16/h2-9,13H,10-12H2,1H3,(H2,19,20,21). The van der Waals surface area contributed by atoms with E-state index < -0.39 is 0 Å². The van der Waals surface area contributed by atoms with E-state index in [1.165, 1.54) is 5.56 Å². The molecule has 1 heterocycles. The highest BCUT2D eigenvalue weighted by Gasteiger charge is 2.13. The first-order valence-electron chi connectivity index (χ1n) is 7.67. The Morgan fingerprint density at radius 1 is 1.09 bits per heavy atom. The molecule has 2 aromatic carbocycles. The van der Waals surface area contributed by atoms with Crippen LogP contribution in [0.15, 0.2) is 48.5 Å². The lowest BCUT2D eigenvalue weighted by Crippen LogP contribution is -2.37. The van der Waals surface area contributed by atoms with Crippen molar-refractivity contribution in [3.05, 3.63) is 59.7 Å². The van der Waals surface area contributed by atoms with Crippen LogP contribution in [0.5, 0.6) is 11.5 Å². The van der Waals surface area contributed by atoms with Gasteiger partial charge in [0.1, 0.15) is 0 Å². The zero-order valence-electron chi connectivity index (χ0n) is 13.0. The van der Waals surface area contributed by atoms with Crippen molar-refractivity contribution < 1.29 is 14.3 Å². The topological polar surface area (TPSA) is 59.6 Å². The molecule has 1 unspecified atom stereocenters. The largest absolute Gasteiger partial charge is 0.454 e. The Morgan fingerprint density at radius 3 is 2.70 bits per heavy atom. The fourth-order valence-corrected chi connectivity index (χ4v) is 2.44. The van der Waals surface area contributed by atoms with Crippen LogP contribution in [0.4, 0.5) is 4.79 Å². The van der Waals surface area contributed by atoms with Gasteiger partial charge in [-0.05, 0) is 29.2 Å². The smallest absolute Gasteiger partial charge is 0.315 e. The first kappa shape index (κ1) is 15.2. The van der Waals surface area contributed by atoms with Crippen molar-refractivity contribution in [2.45, 2.75) is 19.4 Å². The summed E-state index contributed by atoms with van der Waals surface area (Å²) in [5.41, 5.74) is 2.18. The molecule has 1 atom stereocenters. The molecule has 0 saturated heterocycles. The molecular formula is C18H20N2O3. The molecule has 1 aliphatic heterocycles. The summed E-state index contributed by atoms with van der Waals surface area (Å²) in [6, 6.07) is 15.6. The lowest BCUT2D eigenvalue weighted by Gasteiger charge is -2.13. The Hall–Kier alpha value is -2.69. The number of hydrogen-bond acceptors (Lipinski definition) is 3. The van der Waals surface area contributed by atoms with Crippen LogP contribution < -0.4 is 20.1 Å². The third-order valence-electron chi connectivity index (χ3n) is 3.83. The van der Waals surface area contributed by atoms with E-state index in [2.05, 4.69) is 29.7 Å². The van der Waals surface area contributed by atoms with E-state index in [1.807, 2.05) is 36.4 Å². The molecule has 5 nitrogen and oxygen atoms in total. The van der Waals surface area contributed by atoms with Gasteiger partial charge in [-0.15, -0.1) is 0 Å². The fraction of sp³-hybridized carbons (Fsp3) is 0.278. The first-order chi connectivity index (χ1) is 11.2. The van der Waals surface area contributed by atoms with Gasteiger partial charge >= 0.3 is 6.03 Å². The summed E-state index contributed by atoms with van der Waals surface area (Å²) in [5.74, 6) is 1.74. The molecule has 5 heteroatoms. The van der Waals surface area contributed by atoms with Crippen molar-refractivity contribution >= 4 is 6.03 Å². The predicted molar refractivity (Wildman–Crippen MR) is 87.7 cm³/mol. The number of fused-ring (bicyclic) bond motifs is 1. The van der Waals surface area contributed by atoms with E-state index in [0.29, 0.717) is 13.1 Å². The van der Waals surface area contributed by atoms with E-state index in [0.717, 1.165) is 17.1 Å². The average molecular weight is 312 g/mol. The minimum absolute atomic E-state index is 0.176. The van der Waals surface area contributed by atoms with Crippen molar-refractivity contribution in [1.82, 2.24) is 10.6 Å².